The van der Waals surface area contributed by atoms with E-state index in [1.54, 1.807) is 12.1 Å². The fourth-order valence-electron chi connectivity index (χ4n) is 3.16. The number of hydrogen-bond donors (Lipinski definition) is 1. The van der Waals surface area contributed by atoms with Crippen LogP contribution in [-0.2, 0) is 16.0 Å². The predicted molar refractivity (Wildman–Crippen MR) is 92.2 cm³/mol. The van der Waals surface area contributed by atoms with Crippen molar-refractivity contribution in [1.82, 2.24) is 9.97 Å². The van der Waals surface area contributed by atoms with Crippen molar-refractivity contribution in [2.24, 2.45) is 5.92 Å². The van der Waals surface area contributed by atoms with Gasteiger partial charge in [-0.2, -0.15) is 13.2 Å². The summed E-state index contributed by atoms with van der Waals surface area (Å²) < 4.78 is 61.9. The van der Waals surface area contributed by atoms with Gasteiger partial charge in [0.15, 0.2) is 9.84 Å². The normalized spacial score (nSPS) is 17.0. The van der Waals surface area contributed by atoms with Gasteiger partial charge in [0.25, 0.3) is 0 Å². The number of H-pyrrole nitrogens is 1. The topological polar surface area (TPSA) is 62.8 Å². The first-order valence-electron chi connectivity index (χ1n) is 8.29. The minimum absolute atomic E-state index is 0.135. The third kappa shape index (κ3) is 4.17. The van der Waals surface area contributed by atoms with Gasteiger partial charge in [-0.05, 0) is 36.5 Å². The van der Waals surface area contributed by atoms with Gasteiger partial charge < -0.3 is 4.98 Å². The van der Waals surface area contributed by atoms with Crippen LogP contribution in [0, 0.1) is 5.92 Å². The van der Waals surface area contributed by atoms with E-state index < -0.39 is 21.7 Å². The van der Waals surface area contributed by atoms with Crippen LogP contribution in [0.4, 0.5) is 13.2 Å². The Labute approximate surface area is 150 Å². The lowest BCUT2D eigenvalue weighted by Crippen LogP contribution is -2.05. The van der Waals surface area contributed by atoms with E-state index in [2.05, 4.69) is 9.97 Å². The molecule has 1 saturated carbocycles. The van der Waals surface area contributed by atoms with Crippen molar-refractivity contribution >= 4 is 15.4 Å². The molecule has 1 aromatic heterocycles. The van der Waals surface area contributed by atoms with Crippen LogP contribution in [0.2, 0.25) is 0 Å². The predicted octanol–water partition coefficient (Wildman–Crippen LogP) is 4.45. The van der Waals surface area contributed by atoms with Crippen LogP contribution in [0.25, 0.3) is 5.57 Å². The molecule has 0 radical (unpaired) electrons. The summed E-state index contributed by atoms with van der Waals surface area (Å²) in [5.41, 5.74) is 0.289. The number of benzene rings is 1. The Bertz CT molecular complexity index is 907. The van der Waals surface area contributed by atoms with Gasteiger partial charge in [0.05, 0.1) is 11.1 Å². The Hall–Kier alpha value is -2.09. The zero-order valence-corrected chi connectivity index (χ0v) is 15.0. The number of nitrogens with zero attached hydrogens (tertiary/aromatic N) is 1. The van der Waals surface area contributed by atoms with Crippen LogP contribution in [0.1, 0.15) is 42.8 Å². The maximum absolute atomic E-state index is 12.9. The van der Waals surface area contributed by atoms with Crippen molar-refractivity contribution in [3.8, 4) is 0 Å². The molecule has 3 rings (SSSR count). The molecule has 0 unspecified atom stereocenters. The first kappa shape index (κ1) is 18.7. The fraction of sp³-hybridized carbons (Fsp3) is 0.389. The summed E-state index contributed by atoms with van der Waals surface area (Å²) >= 11 is 0. The Kier molecular flexibility index (Phi) is 4.96. The van der Waals surface area contributed by atoms with Crippen LogP contribution < -0.4 is 0 Å². The number of alkyl halides is 3. The summed E-state index contributed by atoms with van der Waals surface area (Å²) in [4.78, 5) is 6.42. The standard InChI is InChI=1S/C18H19F3N2O2S/c1-26(24,25)14-8-6-13(7-9-14)15(10-12-4-2-3-5-12)17-22-11-16(23-17)18(19,20)21/h6-12H,2-5H2,1H3,(H,22,23)/b15-10+. The highest BCUT2D eigenvalue weighted by Gasteiger charge is 2.33. The van der Waals surface area contributed by atoms with Crippen molar-refractivity contribution in [2.75, 3.05) is 6.26 Å². The number of aromatic amines is 1. The minimum atomic E-state index is -4.50. The molecule has 2 aromatic rings. The SMILES string of the molecule is CS(=O)(=O)c1ccc(/C(=C\C2CCCC2)c2ncc(C(F)(F)F)[nH]2)cc1. The van der Waals surface area contributed by atoms with Crippen LogP contribution >= 0.6 is 0 Å². The highest BCUT2D eigenvalue weighted by atomic mass is 32.2. The van der Waals surface area contributed by atoms with Gasteiger partial charge in [0, 0.05) is 11.8 Å². The molecule has 1 aromatic carbocycles. The third-order valence-electron chi connectivity index (χ3n) is 4.53. The van der Waals surface area contributed by atoms with E-state index in [0.717, 1.165) is 38.1 Å². The van der Waals surface area contributed by atoms with E-state index in [0.29, 0.717) is 11.1 Å². The van der Waals surface area contributed by atoms with Crippen LogP contribution in [0.3, 0.4) is 0 Å². The summed E-state index contributed by atoms with van der Waals surface area (Å²) in [7, 11) is -3.34. The maximum atomic E-state index is 12.9. The summed E-state index contributed by atoms with van der Waals surface area (Å²) in [6, 6.07) is 6.13. The van der Waals surface area contributed by atoms with Gasteiger partial charge in [0.2, 0.25) is 0 Å². The van der Waals surface area contributed by atoms with E-state index in [-0.39, 0.29) is 16.6 Å². The second-order valence-corrected chi connectivity index (χ2v) is 8.58. The number of nitrogens with one attached hydrogen (secondary N) is 1. The molecule has 0 saturated heterocycles. The fourth-order valence-corrected chi connectivity index (χ4v) is 3.79. The molecule has 26 heavy (non-hydrogen) atoms. The van der Waals surface area contributed by atoms with Gasteiger partial charge in [-0.15, -0.1) is 0 Å². The van der Waals surface area contributed by atoms with Crippen molar-refractivity contribution < 1.29 is 21.6 Å². The van der Waals surface area contributed by atoms with Crippen molar-refractivity contribution in [3.63, 3.8) is 0 Å². The molecule has 8 heteroatoms. The average Bonchev–Trinajstić information content (AvgIpc) is 3.23. The summed E-state index contributed by atoms with van der Waals surface area (Å²) in [6.07, 6.45) is 3.49. The molecule has 4 nitrogen and oxygen atoms in total. The van der Waals surface area contributed by atoms with Gasteiger partial charge in [-0.25, -0.2) is 13.4 Å². The molecule has 1 heterocycles. The lowest BCUT2D eigenvalue weighted by molar-refractivity contribution is -0.140. The van der Waals surface area contributed by atoms with Crippen LogP contribution in [0.15, 0.2) is 41.4 Å². The summed E-state index contributed by atoms with van der Waals surface area (Å²) in [5, 5.41) is 0. The summed E-state index contributed by atoms with van der Waals surface area (Å²) in [5.74, 6) is 0.412. The van der Waals surface area contributed by atoms with Crippen molar-refractivity contribution in [2.45, 2.75) is 36.8 Å². The molecule has 140 valence electrons. The maximum Gasteiger partial charge on any atom is 0.432 e. The Morgan fingerprint density at radius 1 is 1.19 bits per heavy atom. The molecule has 1 N–H and O–H groups in total. The molecule has 1 aliphatic carbocycles. The number of hydrogen-bond acceptors (Lipinski definition) is 3. The van der Waals surface area contributed by atoms with E-state index in [9.17, 15) is 21.6 Å². The molecule has 0 spiro atoms. The van der Waals surface area contributed by atoms with Gasteiger partial charge in [-0.3, -0.25) is 0 Å². The van der Waals surface area contributed by atoms with Gasteiger partial charge in [-0.1, -0.05) is 31.1 Å². The summed E-state index contributed by atoms with van der Waals surface area (Å²) in [6.45, 7) is 0. The minimum Gasteiger partial charge on any atom is -0.334 e. The number of rotatable bonds is 4. The Morgan fingerprint density at radius 2 is 1.81 bits per heavy atom. The number of aromatic nitrogens is 2. The monoisotopic (exact) mass is 384 g/mol. The van der Waals surface area contributed by atoms with E-state index in [1.165, 1.54) is 12.1 Å². The second kappa shape index (κ2) is 6.90. The van der Waals surface area contributed by atoms with Crippen LogP contribution in [-0.4, -0.2) is 24.6 Å². The first-order chi connectivity index (χ1) is 12.1. The lowest BCUT2D eigenvalue weighted by Gasteiger charge is -2.10. The number of sulfone groups is 1. The molecule has 0 atom stereocenters. The third-order valence-corrected chi connectivity index (χ3v) is 5.66. The van der Waals surface area contributed by atoms with Gasteiger partial charge >= 0.3 is 6.18 Å². The number of imidazole rings is 1. The number of allylic oxidation sites excluding steroid dienone is 1. The molecule has 0 bridgehead atoms. The smallest absolute Gasteiger partial charge is 0.334 e. The number of halogens is 3. The Balaban J connectivity index is 2.02. The lowest BCUT2D eigenvalue weighted by atomic mass is 9.98. The average molecular weight is 384 g/mol. The largest absolute Gasteiger partial charge is 0.432 e. The zero-order chi connectivity index (χ0) is 18.9. The second-order valence-electron chi connectivity index (χ2n) is 6.56. The molecule has 0 amide bonds. The quantitative estimate of drug-likeness (QED) is 0.847. The van der Waals surface area contributed by atoms with Crippen molar-refractivity contribution in [1.29, 1.82) is 0 Å². The van der Waals surface area contributed by atoms with Crippen molar-refractivity contribution in [3.05, 3.63) is 53.6 Å². The highest BCUT2D eigenvalue weighted by molar-refractivity contribution is 7.90. The van der Waals surface area contributed by atoms with E-state index in [4.69, 9.17) is 0 Å². The van der Waals surface area contributed by atoms with Crippen LogP contribution in [0.5, 0.6) is 0 Å². The molecule has 1 aliphatic rings. The Morgan fingerprint density at radius 3 is 2.31 bits per heavy atom. The van der Waals surface area contributed by atoms with E-state index in [1.807, 2.05) is 6.08 Å². The van der Waals surface area contributed by atoms with E-state index >= 15 is 0 Å². The first-order valence-corrected chi connectivity index (χ1v) is 10.2. The zero-order valence-electron chi connectivity index (χ0n) is 14.2. The molecular formula is C18H19F3N2O2S. The molecule has 1 fully saturated rings. The molecular weight excluding hydrogens is 365 g/mol. The molecule has 0 aliphatic heterocycles. The highest BCUT2D eigenvalue weighted by Crippen LogP contribution is 2.33. The van der Waals surface area contributed by atoms with Gasteiger partial charge in [0.1, 0.15) is 11.5 Å².